The number of amides is 1. The lowest BCUT2D eigenvalue weighted by atomic mass is 10.0. The van der Waals surface area contributed by atoms with Gasteiger partial charge in [-0.2, -0.15) is 5.10 Å². The number of rotatable bonds is 6. The molecule has 1 amide bonds. The van der Waals surface area contributed by atoms with Gasteiger partial charge in [0.05, 0.1) is 35.9 Å². The van der Waals surface area contributed by atoms with Gasteiger partial charge in [0.25, 0.3) is 5.91 Å². The average Bonchev–Trinajstić information content (AvgIpc) is 3.15. The topological polar surface area (TPSA) is 95.6 Å². The zero-order valence-electron chi connectivity index (χ0n) is 14.8. The third-order valence-electron chi connectivity index (χ3n) is 5.08. The maximum atomic E-state index is 13.1. The number of methoxy groups -OCH3 is 1. The molecule has 0 bridgehead atoms. The molecule has 0 aliphatic carbocycles. The molecule has 0 radical (unpaired) electrons. The van der Waals surface area contributed by atoms with E-state index in [0.717, 1.165) is 18.5 Å². The molecule has 2 aliphatic heterocycles. The zero-order chi connectivity index (χ0) is 18.0. The van der Waals surface area contributed by atoms with Crippen LogP contribution in [-0.2, 0) is 21.0 Å². The van der Waals surface area contributed by atoms with E-state index < -0.39 is 9.84 Å². The third-order valence-corrected chi connectivity index (χ3v) is 6.78. The number of hydrogen-bond acceptors (Lipinski definition) is 6. The monoisotopic (exact) mass is 370 g/mol. The van der Waals surface area contributed by atoms with Gasteiger partial charge in [0, 0.05) is 38.5 Å². The second-order valence-corrected chi connectivity index (χ2v) is 8.90. The Morgan fingerprint density at radius 3 is 2.84 bits per heavy atom. The normalized spacial score (nSPS) is 25.9. The Kier molecular flexibility index (Phi) is 5.45. The Hall–Kier alpha value is -1.45. The van der Waals surface area contributed by atoms with Crippen LogP contribution in [-0.4, -0.2) is 91.3 Å². The summed E-state index contributed by atoms with van der Waals surface area (Å²) in [6.45, 7) is 4.47. The first-order valence-electron chi connectivity index (χ1n) is 8.73. The fraction of sp³-hybridized carbons (Fsp3) is 0.750. The van der Waals surface area contributed by atoms with Crippen LogP contribution in [0.3, 0.4) is 0 Å². The molecule has 1 aromatic rings. The molecule has 1 aromatic heterocycles. The van der Waals surface area contributed by atoms with Gasteiger partial charge in [-0.15, -0.1) is 0 Å². The highest BCUT2D eigenvalue weighted by atomic mass is 32.2. The Morgan fingerprint density at radius 1 is 1.36 bits per heavy atom. The van der Waals surface area contributed by atoms with Gasteiger partial charge in [-0.05, 0) is 6.42 Å². The zero-order valence-corrected chi connectivity index (χ0v) is 15.6. The number of sulfone groups is 1. The third kappa shape index (κ3) is 3.73. The molecule has 9 heteroatoms. The molecule has 8 nitrogen and oxygen atoms in total. The number of fused-ring (bicyclic) bond motifs is 1. The molecular formula is C16H26N4O4S. The van der Waals surface area contributed by atoms with Crippen molar-refractivity contribution in [1.29, 1.82) is 0 Å². The lowest BCUT2D eigenvalue weighted by Crippen LogP contribution is -2.61. The lowest BCUT2D eigenvalue weighted by Gasteiger charge is -2.43. The SMILES string of the molecule is CCCc1[nH]ncc1C(=O)N1CCN(CCOC)[C@@H]2CS(=O)(=O)C[C@@H]21. The maximum Gasteiger partial charge on any atom is 0.257 e. The van der Waals surface area contributed by atoms with Crippen molar-refractivity contribution in [2.24, 2.45) is 0 Å². The molecule has 0 saturated carbocycles. The maximum absolute atomic E-state index is 13.1. The molecular weight excluding hydrogens is 344 g/mol. The minimum absolute atomic E-state index is 0.0356. The number of ether oxygens (including phenoxy) is 1. The molecule has 3 heterocycles. The van der Waals surface area contributed by atoms with Crippen molar-refractivity contribution in [1.82, 2.24) is 20.0 Å². The molecule has 140 valence electrons. The van der Waals surface area contributed by atoms with Crippen LogP contribution in [0, 0.1) is 0 Å². The van der Waals surface area contributed by atoms with Crippen molar-refractivity contribution in [3.63, 3.8) is 0 Å². The summed E-state index contributed by atoms with van der Waals surface area (Å²) in [6, 6.07) is -0.452. The van der Waals surface area contributed by atoms with E-state index in [4.69, 9.17) is 4.74 Å². The summed E-state index contributed by atoms with van der Waals surface area (Å²) in [7, 11) is -1.51. The molecule has 2 aliphatic rings. The van der Waals surface area contributed by atoms with E-state index in [-0.39, 0.29) is 29.5 Å². The molecule has 1 N–H and O–H groups in total. The number of hydrogen-bond donors (Lipinski definition) is 1. The van der Waals surface area contributed by atoms with Crippen molar-refractivity contribution in [2.75, 3.05) is 44.9 Å². The molecule has 3 rings (SSSR count). The molecule has 2 fully saturated rings. The summed E-state index contributed by atoms with van der Waals surface area (Å²) in [5.74, 6) is 0.0300. The van der Waals surface area contributed by atoms with Crippen molar-refractivity contribution >= 4 is 15.7 Å². The van der Waals surface area contributed by atoms with Crippen LogP contribution in [0.1, 0.15) is 29.4 Å². The van der Waals surface area contributed by atoms with Crippen LogP contribution >= 0.6 is 0 Å². The van der Waals surface area contributed by atoms with Gasteiger partial charge in [-0.3, -0.25) is 14.8 Å². The summed E-state index contributed by atoms with van der Waals surface area (Å²) in [6.07, 6.45) is 3.22. The van der Waals surface area contributed by atoms with Crippen LogP contribution in [0.4, 0.5) is 0 Å². The Bertz CT molecular complexity index is 717. The first-order chi connectivity index (χ1) is 12.0. The number of carbonyl (C=O) groups excluding carboxylic acids is 1. The Morgan fingerprint density at radius 2 is 2.12 bits per heavy atom. The quantitative estimate of drug-likeness (QED) is 0.753. The number of H-pyrrole nitrogens is 1. The predicted octanol–water partition coefficient (Wildman–Crippen LogP) is -0.0680. The summed E-state index contributed by atoms with van der Waals surface area (Å²) in [5, 5.41) is 6.91. The predicted molar refractivity (Wildman–Crippen MR) is 93.3 cm³/mol. The molecule has 2 atom stereocenters. The fourth-order valence-electron chi connectivity index (χ4n) is 3.86. The van der Waals surface area contributed by atoms with Crippen LogP contribution < -0.4 is 0 Å². The van der Waals surface area contributed by atoms with E-state index in [1.807, 2.05) is 6.92 Å². The highest BCUT2D eigenvalue weighted by Gasteiger charge is 2.48. The smallest absolute Gasteiger partial charge is 0.257 e. The number of aromatic amines is 1. The van der Waals surface area contributed by atoms with Crippen LogP contribution in [0.2, 0.25) is 0 Å². The number of aryl methyl sites for hydroxylation is 1. The highest BCUT2D eigenvalue weighted by Crippen LogP contribution is 2.28. The minimum atomic E-state index is -3.14. The summed E-state index contributed by atoms with van der Waals surface area (Å²) < 4.78 is 29.6. The number of carbonyl (C=O) groups is 1. The van der Waals surface area contributed by atoms with Gasteiger partial charge in [0.2, 0.25) is 0 Å². The molecule has 0 unspecified atom stereocenters. The standard InChI is InChI=1S/C16H26N4O4S/c1-3-4-13-12(9-17-18-13)16(21)20-6-5-19(7-8-24-2)14-10-25(22,23)11-15(14)20/h9,14-15H,3-8,10-11H2,1-2H3,(H,17,18)/t14-,15+/m1/s1. The second kappa shape index (κ2) is 7.43. The number of piperazine rings is 1. The summed E-state index contributed by atoms with van der Waals surface area (Å²) >= 11 is 0. The van der Waals surface area contributed by atoms with Crippen molar-refractivity contribution in [3.05, 3.63) is 17.5 Å². The van der Waals surface area contributed by atoms with E-state index in [2.05, 4.69) is 15.1 Å². The summed E-state index contributed by atoms with van der Waals surface area (Å²) in [4.78, 5) is 16.9. The van der Waals surface area contributed by atoms with E-state index in [1.165, 1.54) is 0 Å². The van der Waals surface area contributed by atoms with E-state index >= 15 is 0 Å². The van der Waals surface area contributed by atoms with E-state index in [0.29, 0.717) is 31.8 Å². The van der Waals surface area contributed by atoms with E-state index in [1.54, 1.807) is 18.2 Å². The second-order valence-electron chi connectivity index (χ2n) is 6.75. The number of aromatic nitrogens is 2. The van der Waals surface area contributed by atoms with Gasteiger partial charge in [0.1, 0.15) is 0 Å². The molecule has 25 heavy (non-hydrogen) atoms. The van der Waals surface area contributed by atoms with Crippen LogP contribution in [0.25, 0.3) is 0 Å². The Balaban J connectivity index is 1.83. The Labute approximate surface area is 148 Å². The highest BCUT2D eigenvalue weighted by molar-refractivity contribution is 7.91. The number of nitrogens with zero attached hydrogens (tertiary/aromatic N) is 3. The fourth-order valence-corrected chi connectivity index (χ4v) is 5.87. The summed E-state index contributed by atoms with van der Waals surface area (Å²) in [5.41, 5.74) is 1.39. The van der Waals surface area contributed by atoms with Gasteiger partial charge in [0.15, 0.2) is 9.84 Å². The van der Waals surface area contributed by atoms with Gasteiger partial charge in [-0.1, -0.05) is 13.3 Å². The van der Waals surface area contributed by atoms with Crippen LogP contribution in [0.5, 0.6) is 0 Å². The molecule has 2 saturated heterocycles. The van der Waals surface area contributed by atoms with Gasteiger partial charge >= 0.3 is 0 Å². The molecule has 0 aromatic carbocycles. The van der Waals surface area contributed by atoms with Crippen molar-refractivity contribution < 1.29 is 17.9 Å². The number of nitrogens with one attached hydrogen (secondary N) is 1. The van der Waals surface area contributed by atoms with Crippen molar-refractivity contribution in [2.45, 2.75) is 31.8 Å². The molecule has 0 spiro atoms. The first-order valence-corrected chi connectivity index (χ1v) is 10.6. The lowest BCUT2D eigenvalue weighted by molar-refractivity contribution is 0.0246. The minimum Gasteiger partial charge on any atom is -0.383 e. The van der Waals surface area contributed by atoms with Crippen molar-refractivity contribution in [3.8, 4) is 0 Å². The van der Waals surface area contributed by atoms with Gasteiger partial charge < -0.3 is 9.64 Å². The van der Waals surface area contributed by atoms with Gasteiger partial charge in [-0.25, -0.2) is 8.42 Å². The van der Waals surface area contributed by atoms with Crippen LogP contribution in [0.15, 0.2) is 6.20 Å². The largest absolute Gasteiger partial charge is 0.383 e. The average molecular weight is 370 g/mol. The van der Waals surface area contributed by atoms with E-state index in [9.17, 15) is 13.2 Å². The first kappa shape index (κ1) is 18.3.